The number of aromatic nitrogens is 1. The number of nitrogens with zero attached hydrogens (tertiary/aromatic N) is 1. The Kier molecular flexibility index (Phi) is 4.38. The zero-order valence-electron chi connectivity index (χ0n) is 10.2. The quantitative estimate of drug-likeness (QED) is 0.918. The van der Waals surface area contributed by atoms with E-state index in [9.17, 15) is 0 Å². The maximum absolute atomic E-state index is 6.31. The van der Waals surface area contributed by atoms with Gasteiger partial charge in [0, 0.05) is 21.9 Å². The molecule has 0 aliphatic carbocycles. The summed E-state index contributed by atoms with van der Waals surface area (Å²) in [5.74, 6) is 0. The highest BCUT2D eigenvalue weighted by atomic mass is 79.9. The molecule has 1 N–H and O–H groups in total. The summed E-state index contributed by atoms with van der Waals surface area (Å²) < 4.78 is 0.981. The molecule has 2 nitrogen and oxygen atoms in total. The summed E-state index contributed by atoms with van der Waals surface area (Å²) >= 11 is 9.74. The van der Waals surface area contributed by atoms with E-state index in [0.29, 0.717) is 0 Å². The average molecular weight is 326 g/mol. The lowest BCUT2D eigenvalue weighted by molar-refractivity contribution is 0.684. The van der Waals surface area contributed by atoms with E-state index in [0.717, 1.165) is 20.6 Å². The van der Waals surface area contributed by atoms with E-state index in [1.165, 1.54) is 5.56 Å². The highest BCUT2D eigenvalue weighted by Gasteiger charge is 2.17. The van der Waals surface area contributed by atoms with E-state index in [2.05, 4.69) is 33.2 Å². The normalized spacial score (nSPS) is 12.4. The first kappa shape index (κ1) is 13.5. The summed E-state index contributed by atoms with van der Waals surface area (Å²) in [5.41, 5.74) is 3.39. The lowest BCUT2D eigenvalue weighted by Crippen LogP contribution is -2.19. The van der Waals surface area contributed by atoms with E-state index < -0.39 is 0 Å². The summed E-state index contributed by atoms with van der Waals surface area (Å²) in [4.78, 5) is 4.19. The number of hydrogen-bond acceptors (Lipinski definition) is 2. The molecule has 0 radical (unpaired) electrons. The minimum absolute atomic E-state index is 0.0549. The lowest BCUT2D eigenvalue weighted by Gasteiger charge is -2.20. The van der Waals surface area contributed by atoms with Crippen LogP contribution in [0.4, 0.5) is 0 Å². The fourth-order valence-corrected chi connectivity index (χ4v) is 2.78. The summed E-state index contributed by atoms with van der Waals surface area (Å²) in [6.45, 7) is 2.08. The summed E-state index contributed by atoms with van der Waals surface area (Å²) in [5, 5.41) is 4.04. The Morgan fingerprint density at radius 3 is 2.67 bits per heavy atom. The molecule has 4 heteroatoms. The van der Waals surface area contributed by atoms with Gasteiger partial charge in [-0.1, -0.05) is 33.6 Å². The van der Waals surface area contributed by atoms with Crippen molar-refractivity contribution in [1.29, 1.82) is 0 Å². The van der Waals surface area contributed by atoms with Crippen LogP contribution in [0, 0.1) is 6.92 Å². The molecule has 0 fully saturated rings. The van der Waals surface area contributed by atoms with Crippen LogP contribution in [0.3, 0.4) is 0 Å². The van der Waals surface area contributed by atoms with Gasteiger partial charge in [-0.05, 0) is 48.9 Å². The smallest absolute Gasteiger partial charge is 0.0606 e. The number of aryl methyl sites for hydroxylation is 1. The number of hydrogen-bond donors (Lipinski definition) is 1. The van der Waals surface area contributed by atoms with Crippen molar-refractivity contribution in [2.75, 3.05) is 7.05 Å². The monoisotopic (exact) mass is 324 g/mol. The summed E-state index contributed by atoms with van der Waals surface area (Å²) in [6, 6.07) is 8.00. The predicted molar refractivity (Wildman–Crippen MR) is 79.0 cm³/mol. The highest BCUT2D eigenvalue weighted by molar-refractivity contribution is 9.10. The molecule has 0 aliphatic heterocycles. The second-order valence-corrected chi connectivity index (χ2v) is 5.44. The summed E-state index contributed by atoms with van der Waals surface area (Å²) in [6.07, 6.45) is 3.68. The number of nitrogens with one attached hydrogen (secondary N) is 1. The zero-order valence-corrected chi connectivity index (χ0v) is 12.6. The predicted octanol–water partition coefficient (Wildman–Crippen LogP) is 4.11. The fraction of sp³-hybridized carbons (Fsp3) is 0.214. The van der Waals surface area contributed by atoms with Crippen molar-refractivity contribution < 1.29 is 0 Å². The summed E-state index contributed by atoms with van der Waals surface area (Å²) in [7, 11) is 1.93. The first-order valence-electron chi connectivity index (χ1n) is 5.66. The number of halogens is 2. The molecule has 1 unspecified atom stereocenters. The molecule has 18 heavy (non-hydrogen) atoms. The SMILES string of the molecule is CNC(c1cnccc1C)c1ccc(Br)cc1Cl. The van der Waals surface area contributed by atoms with E-state index >= 15 is 0 Å². The standard InChI is InChI=1S/C14H14BrClN2/c1-9-5-6-18-8-12(9)14(17-2)11-4-3-10(15)7-13(11)16/h3-8,14,17H,1-2H3. The van der Waals surface area contributed by atoms with E-state index in [-0.39, 0.29) is 6.04 Å². The first-order valence-corrected chi connectivity index (χ1v) is 6.83. The second kappa shape index (κ2) is 5.83. The lowest BCUT2D eigenvalue weighted by atomic mass is 9.97. The third-order valence-electron chi connectivity index (χ3n) is 2.95. The van der Waals surface area contributed by atoms with Gasteiger partial charge >= 0.3 is 0 Å². The minimum atomic E-state index is 0.0549. The van der Waals surface area contributed by atoms with E-state index in [1.54, 1.807) is 6.20 Å². The molecule has 0 saturated heterocycles. The first-order chi connectivity index (χ1) is 8.63. The van der Waals surface area contributed by atoms with Gasteiger partial charge in [-0.15, -0.1) is 0 Å². The Hall–Kier alpha value is -0.900. The van der Waals surface area contributed by atoms with Crippen LogP contribution in [0.25, 0.3) is 0 Å². The van der Waals surface area contributed by atoms with Crippen molar-refractivity contribution in [3.05, 3.63) is 62.8 Å². The third kappa shape index (κ3) is 2.74. The molecule has 1 atom stereocenters. The van der Waals surface area contributed by atoms with Gasteiger partial charge in [-0.2, -0.15) is 0 Å². The van der Waals surface area contributed by atoms with Crippen LogP contribution in [-0.4, -0.2) is 12.0 Å². The van der Waals surface area contributed by atoms with E-state index in [1.807, 2.05) is 37.5 Å². The highest BCUT2D eigenvalue weighted by Crippen LogP contribution is 2.31. The number of benzene rings is 1. The van der Waals surface area contributed by atoms with Crippen LogP contribution >= 0.6 is 27.5 Å². The van der Waals surface area contributed by atoms with Crippen molar-refractivity contribution in [1.82, 2.24) is 10.3 Å². The molecule has 0 bridgehead atoms. The molecule has 0 amide bonds. The van der Waals surface area contributed by atoms with Gasteiger partial charge in [0.25, 0.3) is 0 Å². The molecule has 2 rings (SSSR count). The number of rotatable bonds is 3. The van der Waals surface area contributed by atoms with Gasteiger partial charge in [-0.3, -0.25) is 4.98 Å². The zero-order chi connectivity index (χ0) is 13.1. The second-order valence-electron chi connectivity index (χ2n) is 4.12. The van der Waals surface area contributed by atoms with Gasteiger partial charge < -0.3 is 5.32 Å². The topological polar surface area (TPSA) is 24.9 Å². The molecule has 0 aliphatic rings. The van der Waals surface area contributed by atoms with Crippen molar-refractivity contribution in [3.8, 4) is 0 Å². The minimum Gasteiger partial charge on any atom is -0.309 e. The average Bonchev–Trinajstić information content (AvgIpc) is 2.34. The van der Waals surface area contributed by atoms with Crippen LogP contribution in [-0.2, 0) is 0 Å². The molecule has 94 valence electrons. The van der Waals surface area contributed by atoms with Crippen molar-refractivity contribution in [2.45, 2.75) is 13.0 Å². The molecule has 1 heterocycles. The number of pyridine rings is 1. The molecular formula is C14H14BrClN2. The van der Waals surface area contributed by atoms with Crippen molar-refractivity contribution in [3.63, 3.8) is 0 Å². The van der Waals surface area contributed by atoms with Gasteiger partial charge in [0.15, 0.2) is 0 Å². The van der Waals surface area contributed by atoms with Crippen LogP contribution in [0.15, 0.2) is 41.1 Å². The fourth-order valence-electron chi connectivity index (χ4n) is 1.99. The van der Waals surface area contributed by atoms with Crippen LogP contribution < -0.4 is 5.32 Å². The molecular weight excluding hydrogens is 312 g/mol. The Morgan fingerprint density at radius 1 is 1.28 bits per heavy atom. The third-order valence-corrected chi connectivity index (χ3v) is 3.77. The molecule has 0 spiro atoms. The van der Waals surface area contributed by atoms with Gasteiger partial charge in [0.2, 0.25) is 0 Å². The maximum atomic E-state index is 6.31. The molecule has 2 aromatic rings. The van der Waals surface area contributed by atoms with Gasteiger partial charge in [-0.25, -0.2) is 0 Å². The Balaban J connectivity index is 2.49. The molecule has 1 aromatic heterocycles. The van der Waals surface area contributed by atoms with Crippen molar-refractivity contribution >= 4 is 27.5 Å². The largest absolute Gasteiger partial charge is 0.309 e. The molecule has 1 aromatic carbocycles. The van der Waals surface area contributed by atoms with Crippen LogP contribution in [0.2, 0.25) is 5.02 Å². The van der Waals surface area contributed by atoms with Crippen LogP contribution in [0.5, 0.6) is 0 Å². The Morgan fingerprint density at radius 2 is 2.06 bits per heavy atom. The molecule has 0 saturated carbocycles. The van der Waals surface area contributed by atoms with Crippen LogP contribution in [0.1, 0.15) is 22.7 Å². The Labute approximate surface area is 121 Å². The maximum Gasteiger partial charge on any atom is 0.0606 e. The van der Waals surface area contributed by atoms with Gasteiger partial charge in [0.1, 0.15) is 0 Å². The van der Waals surface area contributed by atoms with Gasteiger partial charge in [0.05, 0.1) is 6.04 Å². The van der Waals surface area contributed by atoms with Crippen molar-refractivity contribution in [2.24, 2.45) is 0 Å². The van der Waals surface area contributed by atoms with E-state index in [4.69, 9.17) is 11.6 Å². The Bertz CT molecular complexity index is 557.